The maximum Gasteiger partial charge on any atom is 0.223 e. The van der Waals surface area contributed by atoms with E-state index in [1.807, 2.05) is 48.5 Å². The van der Waals surface area contributed by atoms with Gasteiger partial charge in [0.25, 0.3) is 0 Å². The van der Waals surface area contributed by atoms with E-state index in [9.17, 15) is 4.79 Å². The van der Waals surface area contributed by atoms with Gasteiger partial charge in [-0.15, -0.1) is 15.3 Å². The molecule has 0 aliphatic carbocycles. The molecule has 0 atom stereocenters. The number of amides is 1. The van der Waals surface area contributed by atoms with Crippen LogP contribution in [0, 0.1) is 12.8 Å². The zero-order valence-electron chi connectivity index (χ0n) is 19.4. The van der Waals surface area contributed by atoms with E-state index in [4.69, 9.17) is 9.84 Å². The van der Waals surface area contributed by atoms with Gasteiger partial charge in [-0.3, -0.25) is 4.79 Å². The van der Waals surface area contributed by atoms with E-state index in [0.717, 1.165) is 54.4 Å². The van der Waals surface area contributed by atoms with Crippen LogP contribution < -0.4 is 15.0 Å². The summed E-state index contributed by atoms with van der Waals surface area (Å²) in [6.45, 7) is 4.14. The van der Waals surface area contributed by atoms with Crippen LogP contribution in [-0.4, -0.2) is 45.9 Å². The van der Waals surface area contributed by atoms with Crippen molar-refractivity contribution in [3.05, 3.63) is 71.8 Å². The van der Waals surface area contributed by atoms with Gasteiger partial charge in [-0.25, -0.2) is 0 Å². The summed E-state index contributed by atoms with van der Waals surface area (Å²) in [5, 5.41) is 16.5. The zero-order valence-corrected chi connectivity index (χ0v) is 19.4. The molecule has 0 bridgehead atoms. The fraction of sp³-hybridized carbons (Fsp3) is 0.308. The van der Waals surface area contributed by atoms with E-state index in [0.29, 0.717) is 12.2 Å². The topological polar surface area (TPSA) is 84.6 Å². The van der Waals surface area contributed by atoms with Crippen LogP contribution in [-0.2, 0) is 11.3 Å². The number of carbonyl (C=O) groups is 1. The van der Waals surface area contributed by atoms with Crippen molar-refractivity contribution in [2.24, 2.45) is 5.92 Å². The number of nitrogens with zero attached hydrogens (tertiary/aromatic N) is 5. The lowest BCUT2D eigenvalue weighted by atomic mass is 9.96. The summed E-state index contributed by atoms with van der Waals surface area (Å²) in [5.74, 6) is 2.53. The molecule has 1 N–H and O–H groups in total. The second kappa shape index (κ2) is 9.51. The highest BCUT2D eigenvalue weighted by Crippen LogP contribution is 2.24. The number of ether oxygens (including phenoxy) is 1. The third kappa shape index (κ3) is 4.57. The number of benzene rings is 2. The first-order valence-electron chi connectivity index (χ1n) is 11.6. The van der Waals surface area contributed by atoms with Crippen LogP contribution in [0.2, 0.25) is 0 Å². The van der Waals surface area contributed by atoms with Crippen LogP contribution in [0.3, 0.4) is 0 Å². The molecule has 5 rings (SSSR count). The molecule has 1 aliphatic rings. The summed E-state index contributed by atoms with van der Waals surface area (Å²) in [7, 11) is 1.64. The molecule has 1 amide bonds. The summed E-state index contributed by atoms with van der Waals surface area (Å²) in [6.07, 6.45) is 1.59. The lowest BCUT2D eigenvalue weighted by Gasteiger charge is -2.32. The molecule has 174 valence electrons. The number of carbonyl (C=O) groups excluding carboxylic acids is 1. The van der Waals surface area contributed by atoms with E-state index in [1.165, 1.54) is 5.56 Å². The SMILES string of the molecule is COc1ccc(CNC(=O)C2CCN(c3ccc4nnc(-c5ccc(C)cc5)n4n3)CC2)cc1. The number of anilines is 1. The van der Waals surface area contributed by atoms with Gasteiger partial charge in [0.05, 0.1) is 7.11 Å². The molecule has 34 heavy (non-hydrogen) atoms. The lowest BCUT2D eigenvalue weighted by Crippen LogP contribution is -2.40. The van der Waals surface area contributed by atoms with E-state index in [2.05, 4.69) is 39.5 Å². The van der Waals surface area contributed by atoms with E-state index in [1.54, 1.807) is 11.6 Å². The first-order valence-corrected chi connectivity index (χ1v) is 11.6. The van der Waals surface area contributed by atoms with Crippen molar-refractivity contribution >= 4 is 17.4 Å². The molecule has 0 spiro atoms. The van der Waals surface area contributed by atoms with Crippen molar-refractivity contribution in [3.63, 3.8) is 0 Å². The number of hydrogen-bond acceptors (Lipinski definition) is 6. The van der Waals surface area contributed by atoms with Crippen molar-refractivity contribution in [1.29, 1.82) is 0 Å². The molecule has 8 heteroatoms. The van der Waals surface area contributed by atoms with Crippen molar-refractivity contribution < 1.29 is 9.53 Å². The van der Waals surface area contributed by atoms with Crippen LogP contribution in [0.5, 0.6) is 5.75 Å². The normalized spacial score (nSPS) is 14.4. The molecule has 1 fully saturated rings. The smallest absolute Gasteiger partial charge is 0.223 e. The van der Waals surface area contributed by atoms with Gasteiger partial charge in [-0.05, 0) is 49.6 Å². The second-order valence-electron chi connectivity index (χ2n) is 8.68. The van der Waals surface area contributed by atoms with Crippen molar-refractivity contribution in [1.82, 2.24) is 25.1 Å². The molecule has 0 unspecified atom stereocenters. The van der Waals surface area contributed by atoms with Crippen molar-refractivity contribution in [3.8, 4) is 17.1 Å². The first-order chi connectivity index (χ1) is 16.6. The minimum absolute atomic E-state index is 0.0104. The Morgan fingerprint density at radius 3 is 2.44 bits per heavy atom. The van der Waals surface area contributed by atoms with E-state index in [-0.39, 0.29) is 11.8 Å². The highest BCUT2D eigenvalue weighted by atomic mass is 16.5. The molecule has 8 nitrogen and oxygen atoms in total. The van der Waals surface area contributed by atoms with Crippen molar-refractivity contribution in [2.75, 3.05) is 25.1 Å². The largest absolute Gasteiger partial charge is 0.497 e. The number of nitrogens with one attached hydrogen (secondary N) is 1. The van der Waals surface area contributed by atoms with Crippen LogP contribution in [0.4, 0.5) is 5.82 Å². The number of rotatable bonds is 6. The molecule has 4 aromatic rings. The van der Waals surface area contributed by atoms with Gasteiger partial charge in [-0.1, -0.05) is 42.0 Å². The number of aromatic nitrogens is 4. The summed E-state index contributed by atoms with van der Waals surface area (Å²) in [5.41, 5.74) is 3.95. The number of fused-ring (bicyclic) bond motifs is 1. The van der Waals surface area contributed by atoms with Gasteiger partial charge in [0.15, 0.2) is 11.5 Å². The van der Waals surface area contributed by atoms with E-state index < -0.39 is 0 Å². The van der Waals surface area contributed by atoms with Gasteiger partial charge < -0.3 is 15.0 Å². The molecule has 1 saturated heterocycles. The Morgan fingerprint density at radius 1 is 1.00 bits per heavy atom. The first kappa shape index (κ1) is 21.9. The van der Waals surface area contributed by atoms with Crippen LogP contribution >= 0.6 is 0 Å². The average Bonchev–Trinajstić information content (AvgIpc) is 3.31. The Balaban J connectivity index is 1.21. The Labute approximate surface area is 198 Å². The molecule has 0 radical (unpaired) electrons. The zero-order chi connectivity index (χ0) is 23.5. The predicted molar refractivity (Wildman–Crippen MR) is 131 cm³/mol. The number of aryl methyl sites for hydroxylation is 1. The molecule has 2 aromatic heterocycles. The molecule has 3 heterocycles. The third-order valence-corrected chi connectivity index (χ3v) is 6.37. The minimum Gasteiger partial charge on any atom is -0.497 e. The monoisotopic (exact) mass is 456 g/mol. The highest BCUT2D eigenvalue weighted by molar-refractivity contribution is 5.79. The van der Waals surface area contributed by atoms with Crippen LogP contribution in [0.15, 0.2) is 60.7 Å². The lowest BCUT2D eigenvalue weighted by molar-refractivity contribution is -0.125. The maximum absolute atomic E-state index is 12.7. The van der Waals surface area contributed by atoms with Crippen LogP contribution in [0.25, 0.3) is 17.0 Å². The van der Waals surface area contributed by atoms with Gasteiger partial charge in [-0.2, -0.15) is 4.52 Å². The summed E-state index contributed by atoms with van der Waals surface area (Å²) < 4.78 is 6.98. The quantitative estimate of drug-likeness (QED) is 0.477. The Bertz CT molecular complexity index is 1280. The Hall–Kier alpha value is -3.94. The maximum atomic E-state index is 12.7. The van der Waals surface area contributed by atoms with E-state index >= 15 is 0 Å². The predicted octanol–water partition coefficient (Wildman–Crippen LogP) is 3.64. The molecule has 2 aromatic carbocycles. The standard InChI is InChI=1S/C26H28N6O2/c1-18-3-7-20(8-4-18)25-29-28-23-11-12-24(30-32(23)25)31-15-13-21(14-16-31)26(33)27-17-19-5-9-22(34-2)10-6-19/h3-12,21H,13-17H2,1-2H3,(H,27,33). The van der Waals surface area contributed by atoms with Gasteiger partial charge in [0.1, 0.15) is 11.6 Å². The fourth-order valence-electron chi connectivity index (χ4n) is 4.28. The van der Waals surface area contributed by atoms with Crippen molar-refractivity contribution in [2.45, 2.75) is 26.3 Å². The molecular formula is C26H28N6O2. The number of methoxy groups -OCH3 is 1. The fourth-order valence-corrected chi connectivity index (χ4v) is 4.28. The minimum atomic E-state index is 0.0104. The summed E-state index contributed by atoms with van der Waals surface area (Å²) in [6, 6.07) is 19.9. The number of piperidine rings is 1. The number of hydrogen-bond donors (Lipinski definition) is 1. The second-order valence-corrected chi connectivity index (χ2v) is 8.68. The summed E-state index contributed by atoms with van der Waals surface area (Å²) >= 11 is 0. The third-order valence-electron chi connectivity index (χ3n) is 6.37. The Kier molecular flexibility index (Phi) is 6.12. The molecular weight excluding hydrogens is 428 g/mol. The average molecular weight is 457 g/mol. The molecule has 1 aliphatic heterocycles. The van der Waals surface area contributed by atoms with Gasteiger partial charge in [0, 0.05) is 31.1 Å². The summed E-state index contributed by atoms with van der Waals surface area (Å²) in [4.78, 5) is 14.9. The van der Waals surface area contributed by atoms with Gasteiger partial charge >= 0.3 is 0 Å². The molecule has 0 saturated carbocycles. The van der Waals surface area contributed by atoms with Crippen LogP contribution in [0.1, 0.15) is 24.0 Å². The van der Waals surface area contributed by atoms with Gasteiger partial charge in [0.2, 0.25) is 5.91 Å². The Morgan fingerprint density at radius 2 is 1.74 bits per heavy atom. The highest BCUT2D eigenvalue weighted by Gasteiger charge is 2.26.